The van der Waals surface area contributed by atoms with Gasteiger partial charge in [0, 0.05) is 8.96 Å². The van der Waals surface area contributed by atoms with Gasteiger partial charge < -0.3 is 4.42 Å². The summed E-state index contributed by atoms with van der Waals surface area (Å²) in [7, 11) is 0. The van der Waals surface area contributed by atoms with E-state index < -0.39 is 0 Å². The predicted octanol–water partition coefficient (Wildman–Crippen LogP) is 4.15. The van der Waals surface area contributed by atoms with Crippen molar-refractivity contribution in [3.8, 4) is 11.6 Å². The number of rotatable bonds is 1. The summed E-state index contributed by atoms with van der Waals surface area (Å²) in [5.74, 6) is 1.13. The molecule has 0 aliphatic rings. The number of fused-ring (bicyclic) bond motifs is 1. The first kappa shape index (κ1) is 11.0. The van der Waals surface area contributed by atoms with Crippen LogP contribution in [-0.2, 0) is 0 Å². The van der Waals surface area contributed by atoms with E-state index in [1.165, 1.54) is 0 Å². The molecule has 2 aromatic heterocycles. The van der Waals surface area contributed by atoms with Crippen molar-refractivity contribution in [1.82, 2.24) is 9.97 Å². The monoisotopic (exact) mass is 356 g/mol. The molecule has 84 valence electrons. The lowest BCUT2D eigenvalue weighted by Gasteiger charge is -2.02. The Morgan fingerprint density at radius 1 is 1.18 bits per heavy atom. The second-order valence-electron chi connectivity index (χ2n) is 3.48. The van der Waals surface area contributed by atoms with E-state index in [4.69, 9.17) is 16.0 Å². The van der Waals surface area contributed by atoms with E-state index in [0.717, 1.165) is 14.5 Å². The van der Waals surface area contributed by atoms with Crippen molar-refractivity contribution in [1.29, 1.82) is 0 Å². The molecule has 0 amide bonds. The van der Waals surface area contributed by atoms with Gasteiger partial charge in [0.1, 0.15) is 5.15 Å². The first-order chi connectivity index (χ1) is 8.24. The first-order valence-electron chi connectivity index (χ1n) is 4.91. The summed E-state index contributed by atoms with van der Waals surface area (Å²) in [4.78, 5) is 8.67. The van der Waals surface area contributed by atoms with Gasteiger partial charge in [0.15, 0.2) is 11.6 Å². The molecule has 0 N–H and O–H groups in total. The molecule has 5 heteroatoms. The van der Waals surface area contributed by atoms with Crippen molar-refractivity contribution >= 4 is 45.1 Å². The molecule has 0 fully saturated rings. The third-order valence-electron chi connectivity index (χ3n) is 2.35. The normalized spacial score (nSPS) is 10.9. The molecule has 0 unspecified atom stereocenters. The summed E-state index contributed by atoms with van der Waals surface area (Å²) in [6.45, 7) is 0. The van der Waals surface area contributed by atoms with Crippen molar-refractivity contribution in [3.63, 3.8) is 0 Å². The molecule has 0 atom stereocenters. The number of furan rings is 1. The SMILES string of the molecule is Clc1nc(-c2ccco2)nc2ccc(I)cc12. The van der Waals surface area contributed by atoms with Gasteiger partial charge in [0.2, 0.25) is 0 Å². The van der Waals surface area contributed by atoms with Crippen LogP contribution in [-0.4, -0.2) is 9.97 Å². The van der Waals surface area contributed by atoms with E-state index in [0.29, 0.717) is 16.7 Å². The van der Waals surface area contributed by atoms with Crippen LogP contribution in [0.25, 0.3) is 22.5 Å². The minimum absolute atomic E-state index is 0.444. The van der Waals surface area contributed by atoms with Crippen LogP contribution in [0.4, 0.5) is 0 Å². The lowest BCUT2D eigenvalue weighted by molar-refractivity contribution is 0.577. The molecular weight excluding hydrogens is 351 g/mol. The van der Waals surface area contributed by atoms with Gasteiger partial charge in [-0.25, -0.2) is 9.97 Å². The van der Waals surface area contributed by atoms with Crippen LogP contribution in [0, 0.1) is 3.57 Å². The highest BCUT2D eigenvalue weighted by Gasteiger charge is 2.09. The fourth-order valence-corrected chi connectivity index (χ4v) is 2.30. The van der Waals surface area contributed by atoms with Crippen molar-refractivity contribution in [3.05, 3.63) is 45.3 Å². The molecule has 0 saturated heterocycles. The van der Waals surface area contributed by atoms with Crippen LogP contribution in [0.3, 0.4) is 0 Å². The van der Waals surface area contributed by atoms with Crippen molar-refractivity contribution in [2.75, 3.05) is 0 Å². The molecular formula is C12H6ClIN2O. The zero-order chi connectivity index (χ0) is 11.8. The van der Waals surface area contributed by atoms with E-state index in [-0.39, 0.29) is 0 Å². The Bertz CT molecular complexity index is 682. The summed E-state index contributed by atoms with van der Waals surface area (Å²) in [6, 6.07) is 9.48. The molecule has 3 nitrogen and oxygen atoms in total. The van der Waals surface area contributed by atoms with Gasteiger partial charge in [-0.1, -0.05) is 11.6 Å². The van der Waals surface area contributed by atoms with Gasteiger partial charge in [-0.15, -0.1) is 0 Å². The van der Waals surface area contributed by atoms with Gasteiger partial charge in [-0.05, 0) is 52.9 Å². The number of benzene rings is 1. The average molecular weight is 357 g/mol. The second kappa shape index (κ2) is 4.27. The van der Waals surface area contributed by atoms with Gasteiger partial charge >= 0.3 is 0 Å². The van der Waals surface area contributed by atoms with Crippen LogP contribution >= 0.6 is 34.2 Å². The summed E-state index contributed by atoms with van der Waals surface area (Å²) in [5, 5.41) is 1.30. The minimum Gasteiger partial charge on any atom is -0.461 e. The third-order valence-corrected chi connectivity index (χ3v) is 3.31. The van der Waals surface area contributed by atoms with E-state index in [2.05, 4.69) is 32.6 Å². The van der Waals surface area contributed by atoms with Crippen LogP contribution in [0.2, 0.25) is 5.15 Å². The van der Waals surface area contributed by atoms with Crippen LogP contribution in [0.15, 0.2) is 41.0 Å². The van der Waals surface area contributed by atoms with Crippen molar-refractivity contribution in [2.45, 2.75) is 0 Å². The highest BCUT2D eigenvalue weighted by Crippen LogP contribution is 2.26. The lowest BCUT2D eigenvalue weighted by atomic mass is 10.2. The maximum absolute atomic E-state index is 6.15. The number of hydrogen-bond acceptors (Lipinski definition) is 3. The largest absolute Gasteiger partial charge is 0.461 e. The lowest BCUT2D eigenvalue weighted by Crippen LogP contribution is -1.91. The summed E-state index contributed by atoms with van der Waals surface area (Å²) >= 11 is 8.39. The average Bonchev–Trinajstić information content (AvgIpc) is 2.83. The molecule has 0 radical (unpaired) electrons. The van der Waals surface area contributed by atoms with Gasteiger partial charge in [0.25, 0.3) is 0 Å². The Hall–Kier alpha value is -1.14. The van der Waals surface area contributed by atoms with Crippen molar-refractivity contribution in [2.24, 2.45) is 0 Å². The quantitative estimate of drug-likeness (QED) is 0.486. The highest BCUT2D eigenvalue weighted by atomic mass is 127. The number of halogens is 2. The molecule has 3 rings (SSSR count). The standard InChI is InChI=1S/C12H6ClIN2O/c13-11-8-6-7(14)3-4-9(8)15-12(16-11)10-2-1-5-17-10/h1-6H. The Kier molecular flexibility index (Phi) is 2.76. The minimum atomic E-state index is 0.444. The molecule has 0 aliphatic heterocycles. The first-order valence-corrected chi connectivity index (χ1v) is 6.36. The van der Waals surface area contributed by atoms with E-state index in [1.54, 1.807) is 12.3 Å². The number of hydrogen-bond donors (Lipinski definition) is 0. The molecule has 2 heterocycles. The number of aromatic nitrogens is 2. The van der Waals surface area contributed by atoms with Crippen molar-refractivity contribution < 1.29 is 4.42 Å². The zero-order valence-corrected chi connectivity index (χ0v) is 11.4. The maximum atomic E-state index is 6.15. The molecule has 0 bridgehead atoms. The third kappa shape index (κ3) is 2.02. The summed E-state index contributed by atoms with van der Waals surface area (Å²) < 4.78 is 6.37. The molecule has 3 aromatic rings. The molecule has 0 aliphatic carbocycles. The van der Waals surface area contributed by atoms with Gasteiger partial charge in [0.05, 0.1) is 11.8 Å². The van der Waals surface area contributed by atoms with Crippen LogP contribution in [0.5, 0.6) is 0 Å². The van der Waals surface area contributed by atoms with E-state index in [1.807, 2.05) is 24.3 Å². The molecule has 1 aromatic carbocycles. The summed E-state index contributed by atoms with van der Waals surface area (Å²) in [5.41, 5.74) is 0.816. The second-order valence-corrected chi connectivity index (χ2v) is 5.08. The van der Waals surface area contributed by atoms with Gasteiger partial charge in [-0.3, -0.25) is 0 Å². The zero-order valence-electron chi connectivity index (χ0n) is 8.52. The van der Waals surface area contributed by atoms with Crippen LogP contribution in [0.1, 0.15) is 0 Å². The molecule has 0 spiro atoms. The fraction of sp³-hybridized carbons (Fsp3) is 0. The summed E-state index contributed by atoms with van der Waals surface area (Å²) in [6.07, 6.45) is 1.59. The topological polar surface area (TPSA) is 38.9 Å². The Morgan fingerprint density at radius 2 is 2.06 bits per heavy atom. The maximum Gasteiger partial charge on any atom is 0.197 e. The van der Waals surface area contributed by atoms with Gasteiger partial charge in [-0.2, -0.15) is 0 Å². The molecule has 17 heavy (non-hydrogen) atoms. The Balaban J connectivity index is 2.28. The molecule has 0 saturated carbocycles. The van der Waals surface area contributed by atoms with E-state index >= 15 is 0 Å². The smallest absolute Gasteiger partial charge is 0.197 e. The fourth-order valence-electron chi connectivity index (χ4n) is 1.58. The van der Waals surface area contributed by atoms with E-state index in [9.17, 15) is 0 Å². The van der Waals surface area contributed by atoms with Crippen LogP contribution < -0.4 is 0 Å². The Labute approximate surface area is 116 Å². The highest BCUT2D eigenvalue weighted by molar-refractivity contribution is 14.1. The Morgan fingerprint density at radius 3 is 2.82 bits per heavy atom. The predicted molar refractivity (Wildman–Crippen MR) is 75.0 cm³/mol. The number of nitrogens with zero attached hydrogens (tertiary/aromatic N) is 2.